The molecule has 2 heteroatoms. The summed E-state index contributed by atoms with van der Waals surface area (Å²) >= 11 is 0. The Kier molecular flexibility index (Phi) is 9.50. The summed E-state index contributed by atoms with van der Waals surface area (Å²) in [5.74, 6) is 0. The maximum atomic E-state index is 2.53. The van der Waals surface area contributed by atoms with Crippen molar-refractivity contribution in [3.8, 4) is 50.2 Å². The van der Waals surface area contributed by atoms with E-state index in [1.807, 2.05) is 0 Å². The van der Waals surface area contributed by atoms with Crippen LogP contribution in [0.3, 0.4) is 0 Å². The van der Waals surface area contributed by atoms with Gasteiger partial charge in [-0.25, -0.2) is 0 Å². The first kappa shape index (κ1) is 41.9. The topological polar surface area (TPSA) is 8.17 Å². The van der Waals surface area contributed by atoms with Gasteiger partial charge in [-0.3, -0.25) is 0 Å². The molecule has 2 aliphatic carbocycles. The van der Waals surface area contributed by atoms with Gasteiger partial charge >= 0.3 is 0 Å². The van der Waals surface area contributed by atoms with Crippen LogP contribution in [0.15, 0.2) is 267 Å². The first-order valence-corrected chi connectivity index (χ1v) is 25.2. The lowest BCUT2D eigenvalue weighted by Gasteiger charge is -2.34. The molecule has 0 fully saturated rings. The molecule has 11 aromatic carbocycles. The Balaban J connectivity index is 0.874. The minimum Gasteiger partial charge on any atom is -0.310 e. The summed E-state index contributed by atoms with van der Waals surface area (Å²) < 4.78 is 2.53. The lowest BCUT2D eigenvalue weighted by atomic mass is 9.68. The molecule has 0 bridgehead atoms. The van der Waals surface area contributed by atoms with Crippen molar-refractivity contribution in [1.29, 1.82) is 0 Å². The first-order chi connectivity index (χ1) is 35.5. The van der Waals surface area contributed by atoms with Gasteiger partial charge in [0.2, 0.25) is 0 Å². The second kappa shape index (κ2) is 16.3. The van der Waals surface area contributed by atoms with Crippen molar-refractivity contribution < 1.29 is 0 Å². The Hall–Kier alpha value is -8.98. The van der Waals surface area contributed by atoms with Gasteiger partial charge in [0.1, 0.15) is 0 Å². The Bertz CT molecular complexity index is 4010. The van der Waals surface area contributed by atoms with Crippen LogP contribution >= 0.6 is 0 Å². The molecule has 14 rings (SSSR count). The molecular weight excluding hydrogens is 869 g/mol. The third-order valence-electron chi connectivity index (χ3n) is 15.9. The van der Waals surface area contributed by atoms with Crippen LogP contribution in [0.5, 0.6) is 0 Å². The zero-order chi connectivity index (χ0) is 48.0. The summed E-state index contributed by atoms with van der Waals surface area (Å²) in [6.45, 7) is 4.68. The van der Waals surface area contributed by atoms with Gasteiger partial charge in [-0.2, -0.15) is 0 Å². The number of fused-ring (bicyclic) bond motifs is 9. The van der Waals surface area contributed by atoms with Gasteiger partial charge in [-0.05, 0) is 133 Å². The molecular formula is C70H50N2. The molecule has 0 spiro atoms. The highest BCUT2D eigenvalue weighted by Gasteiger charge is 2.47. The number of nitrogens with zero attached hydrogens (tertiary/aromatic N) is 2. The van der Waals surface area contributed by atoms with Crippen molar-refractivity contribution in [2.75, 3.05) is 4.90 Å². The van der Waals surface area contributed by atoms with E-state index in [2.05, 4.69) is 290 Å². The second-order valence-corrected chi connectivity index (χ2v) is 20.0. The summed E-state index contributed by atoms with van der Waals surface area (Å²) in [7, 11) is 0. The second-order valence-electron chi connectivity index (χ2n) is 20.0. The highest BCUT2D eigenvalue weighted by atomic mass is 15.1. The molecule has 2 nitrogen and oxygen atoms in total. The fraction of sp³-hybridized carbons (Fsp3) is 0.0571. The first-order valence-electron chi connectivity index (χ1n) is 25.2. The molecule has 0 radical (unpaired) electrons. The van der Waals surface area contributed by atoms with E-state index in [0.29, 0.717) is 0 Å². The Morgan fingerprint density at radius 1 is 0.319 bits per heavy atom. The minimum atomic E-state index is -0.487. The molecule has 2 aliphatic rings. The predicted octanol–water partition coefficient (Wildman–Crippen LogP) is 18.3. The van der Waals surface area contributed by atoms with Gasteiger partial charge in [0.05, 0.1) is 22.1 Å². The SMILES string of the molecule is CC1(C)c2ccccc2-c2cc(N(c3ccccc3)c3ccc(-c4cccc(-c5ccc6c7ccccc7n(-c7cccc8c7-c7ccccc7C8(c7ccccc7)c7ccccc7)c6c5)c4)cc3)ccc21. The normalized spacial score (nSPS) is 13.6. The molecule has 0 atom stereocenters. The number of anilines is 3. The van der Waals surface area contributed by atoms with Crippen LogP contribution in [0, 0.1) is 0 Å². The quantitative estimate of drug-likeness (QED) is 0.147. The zero-order valence-corrected chi connectivity index (χ0v) is 40.3. The van der Waals surface area contributed by atoms with E-state index in [1.165, 1.54) is 105 Å². The fourth-order valence-electron chi connectivity index (χ4n) is 12.6. The van der Waals surface area contributed by atoms with Crippen molar-refractivity contribution in [3.05, 3.63) is 300 Å². The van der Waals surface area contributed by atoms with Crippen molar-refractivity contribution in [3.63, 3.8) is 0 Å². The van der Waals surface area contributed by atoms with Crippen LogP contribution in [-0.4, -0.2) is 4.57 Å². The minimum absolute atomic E-state index is 0.0450. The molecule has 0 aliphatic heterocycles. The standard InChI is InChI=1S/C70H50N2/c1-69(2)61-31-15-12-28-56(61)60-46-55(41-43-62(60)69)71(53-26-10-5-11-27-53)54-39-36-47(37-40-54)48-20-18-21-49(44-48)50-38-42-58-57-29-14-17-34-65(57)72(67(58)45-50)66-35-19-33-64-68(66)59-30-13-16-32-63(59)70(64,51-22-6-3-7-23-51)52-24-8-4-9-25-52/h3-46H,1-2H3. The summed E-state index contributed by atoms with van der Waals surface area (Å²) in [5, 5.41) is 2.48. The summed E-state index contributed by atoms with van der Waals surface area (Å²) in [6, 6.07) is 98.9. The van der Waals surface area contributed by atoms with E-state index in [4.69, 9.17) is 0 Å². The monoisotopic (exact) mass is 918 g/mol. The largest absolute Gasteiger partial charge is 0.310 e. The van der Waals surface area contributed by atoms with Crippen LogP contribution in [0.1, 0.15) is 47.2 Å². The predicted molar refractivity (Wildman–Crippen MR) is 301 cm³/mol. The number of hydrogen-bond acceptors (Lipinski definition) is 1. The molecule has 0 N–H and O–H groups in total. The van der Waals surface area contributed by atoms with E-state index >= 15 is 0 Å². The van der Waals surface area contributed by atoms with E-state index in [0.717, 1.165) is 17.1 Å². The summed E-state index contributed by atoms with van der Waals surface area (Å²) in [4.78, 5) is 2.38. The summed E-state index contributed by atoms with van der Waals surface area (Å²) in [5.41, 5.74) is 24.2. The molecule has 72 heavy (non-hydrogen) atoms. The van der Waals surface area contributed by atoms with Crippen LogP contribution in [0.4, 0.5) is 17.1 Å². The molecule has 0 saturated carbocycles. The number of rotatable bonds is 8. The number of aromatic nitrogens is 1. The summed E-state index contributed by atoms with van der Waals surface area (Å²) in [6.07, 6.45) is 0. The zero-order valence-electron chi connectivity index (χ0n) is 40.3. The average Bonchev–Trinajstić information content (AvgIpc) is 4.03. The lowest BCUT2D eigenvalue weighted by Crippen LogP contribution is -2.28. The average molecular weight is 919 g/mol. The highest BCUT2D eigenvalue weighted by molar-refractivity contribution is 6.11. The van der Waals surface area contributed by atoms with Crippen molar-refractivity contribution in [2.45, 2.75) is 24.7 Å². The Labute approximate surface area is 421 Å². The van der Waals surface area contributed by atoms with Crippen LogP contribution in [-0.2, 0) is 10.8 Å². The maximum Gasteiger partial charge on any atom is 0.0714 e. The fourth-order valence-corrected chi connectivity index (χ4v) is 12.6. The third kappa shape index (κ3) is 6.22. The smallest absolute Gasteiger partial charge is 0.0714 e. The van der Waals surface area contributed by atoms with Gasteiger partial charge in [-0.1, -0.05) is 220 Å². The van der Waals surface area contributed by atoms with E-state index in [1.54, 1.807) is 0 Å². The van der Waals surface area contributed by atoms with Gasteiger partial charge in [0, 0.05) is 38.8 Å². The molecule has 0 amide bonds. The van der Waals surface area contributed by atoms with Crippen molar-refractivity contribution in [2.24, 2.45) is 0 Å². The van der Waals surface area contributed by atoms with Crippen LogP contribution in [0.25, 0.3) is 72.0 Å². The van der Waals surface area contributed by atoms with Gasteiger partial charge in [0.25, 0.3) is 0 Å². The van der Waals surface area contributed by atoms with E-state index < -0.39 is 5.41 Å². The van der Waals surface area contributed by atoms with Gasteiger partial charge in [-0.15, -0.1) is 0 Å². The highest BCUT2D eigenvalue weighted by Crippen LogP contribution is 2.58. The Morgan fingerprint density at radius 3 is 1.60 bits per heavy atom. The van der Waals surface area contributed by atoms with E-state index in [-0.39, 0.29) is 5.41 Å². The van der Waals surface area contributed by atoms with Crippen LogP contribution < -0.4 is 4.90 Å². The maximum absolute atomic E-state index is 2.53. The van der Waals surface area contributed by atoms with Crippen molar-refractivity contribution >= 4 is 38.9 Å². The number of para-hydroxylation sites is 2. The molecule has 1 aromatic heterocycles. The molecule has 0 unspecified atom stereocenters. The van der Waals surface area contributed by atoms with E-state index in [9.17, 15) is 0 Å². The van der Waals surface area contributed by atoms with Crippen molar-refractivity contribution in [1.82, 2.24) is 4.57 Å². The Morgan fingerprint density at radius 2 is 0.847 bits per heavy atom. The van der Waals surface area contributed by atoms with Crippen LogP contribution in [0.2, 0.25) is 0 Å². The third-order valence-corrected chi connectivity index (χ3v) is 15.9. The molecule has 340 valence electrons. The molecule has 12 aromatic rings. The molecule has 0 saturated heterocycles. The number of hydrogen-bond donors (Lipinski definition) is 0. The van der Waals surface area contributed by atoms with Gasteiger partial charge < -0.3 is 9.47 Å². The van der Waals surface area contributed by atoms with Gasteiger partial charge in [0.15, 0.2) is 0 Å². The molecule has 1 heterocycles. The number of benzene rings is 11. The lowest BCUT2D eigenvalue weighted by molar-refractivity contribution is 0.660.